The van der Waals surface area contributed by atoms with Crippen molar-refractivity contribution >= 4 is 11.5 Å². The molecule has 0 atom stereocenters. The molecule has 0 saturated carbocycles. The van der Waals surface area contributed by atoms with Crippen molar-refractivity contribution < 1.29 is 19.2 Å². The minimum Gasteiger partial charge on any atom is -0.493 e. The number of Topliss-reactive ketones (excluding diaryl/α,β-unsaturated/α-hetero) is 1. The van der Waals surface area contributed by atoms with Crippen LogP contribution in [0.15, 0.2) is 36.4 Å². The second-order valence-corrected chi connectivity index (χ2v) is 6.16. The Morgan fingerprint density at radius 3 is 2.31 bits per heavy atom. The maximum atomic E-state index is 12.5. The van der Waals surface area contributed by atoms with Gasteiger partial charge < -0.3 is 9.47 Å². The lowest BCUT2D eigenvalue weighted by molar-refractivity contribution is -0.384. The van der Waals surface area contributed by atoms with E-state index in [1.807, 2.05) is 12.1 Å². The number of nitro benzene ring substituents is 1. The molecule has 7 heteroatoms. The average Bonchev–Trinajstić information content (AvgIpc) is 2.66. The summed E-state index contributed by atoms with van der Waals surface area (Å²) >= 11 is 0. The first-order valence-electron chi connectivity index (χ1n) is 8.25. The molecule has 26 heavy (non-hydrogen) atoms. The average molecular weight is 356 g/mol. The van der Waals surface area contributed by atoms with Crippen molar-refractivity contribution in [2.45, 2.75) is 13.0 Å². The molecule has 2 aromatic rings. The number of nitrogens with zero attached hydrogens (tertiary/aromatic N) is 2. The van der Waals surface area contributed by atoms with Crippen molar-refractivity contribution in [1.82, 2.24) is 4.90 Å². The molecule has 0 N–H and O–H groups in total. The minimum atomic E-state index is -0.475. The highest BCUT2D eigenvalue weighted by Crippen LogP contribution is 2.33. The topological polar surface area (TPSA) is 81.9 Å². The lowest BCUT2D eigenvalue weighted by Crippen LogP contribution is -2.35. The number of benzene rings is 2. The highest BCUT2D eigenvalue weighted by molar-refractivity contribution is 5.97. The van der Waals surface area contributed by atoms with Crippen LogP contribution in [0.5, 0.6) is 11.5 Å². The Morgan fingerprint density at radius 1 is 1.12 bits per heavy atom. The van der Waals surface area contributed by atoms with Crippen molar-refractivity contribution in [3.05, 3.63) is 63.2 Å². The van der Waals surface area contributed by atoms with Gasteiger partial charge in [-0.15, -0.1) is 0 Å². The summed E-state index contributed by atoms with van der Waals surface area (Å²) in [6, 6.07) is 9.67. The summed E-state index contributed by atoms with van der Waals surface area (Å²) in [5.74, 6) is 1.33. The molecule has 0 bridgehead atoms. The summed E-state index contributed by atoms with van der Waals surface area (Å²) < 4.78 is 10.7. The van der Waals surface area contributed by atoms with Crippen molar-refractivity contribution in [3.8, 4) is 11.5 Å². The zero-order valence-electron chi connectivity index (χ0n) is 14.7. The summed E-state index contributed by atoms with van der Waals surface area (Å²) in [6.45, 7) is 1.68. The predicted molar refractivity (Wildman–Crippen MR) is 96.0 cm³/mol. The van der Waals surface area contributed by atoms with E-state index in [9.17, 15) is 14.9 Å². The Balaban J connectivity index is 1.70. The number of hydrogen-bond donors (Lipinski definition) is 0. The van der Waals surface area contributed by atoms with Gasteiger partial charge in [0.1, 0.15) is 0 Å². The van der Waals surface area contributed by atoms with Gasteiger partial charge in [-0.1, -0.05) is 0 Å². The van der Waals surface area contributed by atoms with E-state index in [1.54, 1.807) is 14.2 Å². The van der Waals surface area contributed by atoms with Gasteiger partial charge in [0.25, 0.3) is 5.69 Å². The molecule has 0 saturated heterocycles. The number of carbonyl (C=O) groups is 1. The summed E-state index contributed by atoms with van der Waals surface area (Å²) in [7, 11) is 3.21. The summed E-state index contributed by atoms with van der Waals surface area (Å²) in [4.78, 5) is 24.8. The normalized spacial score (nSPS) is 13.8. The van der Waals surface area contributed by atoms with Gasteiger partial charge in [0, 0.05) is 30.8 Å². The smallest absolute Gasteiger partial charge is 0.269 e. The molecule has 0 radical (unpaired) electrons. The first-order valence-corrected chi connectivity index (χ1v) is 8.25. The van der Waals surface area contributed by atoms with E-state index < -0.39 is 4.92 Å². The van der Waals surface area contributed by atoms with Crippen LogP contribution in [0.1, 0.15) is 21.5 Å². The van der Waals surface area contributed by atoms with Crippen LogP contribution in [0.3, 0.4) is 0 Å². The molecular weight excluding hydrogens is 336 g/mol. The van der Waals surface area contributed by atoms with Crippen molar-refractivity contribution in [2.75, 3.05) is 27.3 Å². The number of non-ortho nitro benzene ring substituents is 1. The molecule has 0 spiro atoms. The summed E-state index contributed by atoms with van der Waals surface area (Å²) in [6.07, 6.45) is 0.823. The molecule has 0 aliphatic carbocycles. The molecule has 1 heterocycles. The molecule has 136 valence electrons. The Labute approximate surface area is 151 Å². The first kappa shape index (κ1) is 17.9. The van der Waals surface area contributed by atoms with E-state index >= 15 is 0 Å². The third kappa shape index (κ3) is 3.67. The van der Waals surface area contributed by atoms with Gasteiger partial charge in [0.2, 0.25) is 0 Å². The van der Waals surface area contributed by atoms with Crippen LogP contribution >= 0.6 is 0 Å². The molecule has 2 aromatic carbocycles. The van der Waals surface area contributed by atoms with Crippen LogP contribution in [0, 0.1) is 10.1 Å². The monoisotopic (exact) mass is 356 g/mol. The molecule has 0 unspecified atom stereocenters. The number of carbonyl (C=O) groups excluding carboxylic acids is 1. The van der Waals surface area contributed by atoms with Crippen LogP contribution in [-0.4, -0.2) is 42.9 Å². The van der Waals surface area contributed by atoms with Crippen molar-refractivity contribution in [3.63, 3.8) is 0 Å². The fourth-order valence-corrected chi connectivity index (χ4v) is 3.14. The SMILES string of the molecule is COc1cc2c(cc1OC)CN(CC(=O)c1ccc([N+](=O)[O-])cc1)CC2. The van der Waals surface area contributed by atoms with E-state index in [4.69, 9.17) is 9.47 Å². The van der Waals surface area contributed by atoms with Gasteiger partial charge in [-0.25, -0.2) is 0 Å². The van der Waals surface area contributed by atoms with Gasteiger partial charge in [-0.3, -0.25) is 19.8 Å². The Kier molecular flexibility index (Phi) is 5.18. The van der Waals surface area contributed by atoms with Crippen LogP contribution in [0.25, 0.3) is 0 Å². The number of ketones is 1. The first-order chi connectivity index (χ1) is 12.5. The molecule has 3 rings (SSSR count). The highest BCUT2D eigenvalue weighted by atomic mass is 16.6. The molecule has 1 aliphatic heterocycles. The number of rotatable bonds is 6. The summed E-state index contributed by atoms with van der Waals surface area (Å²) in [5, 5.41) is 10.7. The Hall–Kier alpha value is -2.93. The maximum absolute atomic E-state index is 12.5. The van der Waals surface area contributed by atoms with Crippen LogP contribution in [0.4, 0.5) is 5.69 Å². The number of nitro groups is 1. The molecular formula is C19H20N2O5. The quantitative estimate of drug-likeness (QED) is 0.450. The Bertz CT molecular complexity index is 833. The third-order valence-corrected chi connectivity index (χ3v) is 4.56. The minimum absolute atomic E-state index is 0.0190. The van der Waals surface area contributed by atoms with Gasteiger partial charge in [-0.05, 0) is 41.8 Å². The molecule has 0 aromatic heterocycles. The van der Waals surface area contributed by atoms with Crippen LogP contribution < -0.4 is 9.47 Å². The van der Waals surface area contributed by atoms with Gasteiger partial charge in [0.05, 0.1) is 25.7 Å². The second kappa shape index (κ2) is 7.53. The van der Waals surface area contributed by atoms with E-state index in [-0.39, 0.29) is 18.0 Å². The Morgan fingerprint density at radius 2 is 1.73 bits per heavy atom. The number of ether oxygens (including phenoxy) is 2. The fourth-order valence-electron chi connectivity index (χ4n) is 3.14. The standard InChI is InChI=1S/C19H20N2O5/c1-25-18-9-14-7-8-20(11-15(14)10-19(18)26-2)12-17(22)13-3-5-16(6-4-13)21(23)24/h3-6,9-10H,7-8,11-12H2,1-2H3. The lowest BCUT2D eigenvalue weighted by atomic mass is 9.98. The predicted octanol–water partition coefficient (Wildman–Crippen LogP) is 2.85. The molecule has 1 aliphatic rings. The van der Waals surface area contributed by atoms with Crippen molar-refractivity contribution in [2.24, 2.45) is 0 Å². The summed E-state index contributed by atoms with van der Waals surface area (Å²) in [5.41, 5.74) is 2.77. The van der Waals surface area contributed by atoms with Crippen LogP contribution in [0.2, 0.25) is 0 Å². The number of methoxy groups -OCH3 is 2. The van der Waals surface area contributed by atoms with E-state index in [1.165, 1.54) is 29.8 Å². The van der Waals surface area contributed by atoms with Crippen LogP contribution in [-0.2, 0) is 13.0 Å². The second-order valence-electron chi connectivity index (χ2n) is 6.16. The van der Waals surface area contributed by atoms with E-state index in [0.717, 1.165) is 18.5 Å². The van der Waals surface area contributed by atoms with E-state index in [0.29, 0.717) is 23.6 Å². The van der Waals surface area contributed by atoms with Gasteiger partial charge in [0.15, 0.2) is 17.3 Å². The largest absolute Gasteiger partial charge is 0.493 e. The third-order valence-electron chi connectivity index (χ3n) is 4.56. The number of hydrogen-bond acceptors (Lipinski definition) is 6. The van der Waals surface area contributed by atoms with Crippen molar-refractivity contribution in [1.29, 1.82) is 0 Å². The molecule has 7 nitrogen and oxygen atoms in total. The highest BCUT2D eigenvalue weighted by Gasteiger charge is 2.21. The molecule has 0 amide bonds. The van der Waals surface area contributed by atoms with E-state index in [2.05, 4.69) is 4.90 Å². The lowest BCUT2D eigenvalue weighted by Gasteiger charge is -2.29. The zero-order chi connectivity index (χ0) is 18.7. The number of fused-ring (bicyclic) bond motifs is 1. The fraction of sp³-hybridized carbons (Fsp3) is 0.316. The zero-order valence-corrected chi connectivity index (χ0v) is 14.7. The van der Waals surface area contributed by atoms with Gasteiger partial charge >= 0.3 is 0 Å². The molecule has 0 fully saturated rings. The van der Waals surface area contributed by atoms with Gasteiger partial charge in [-0.2, -0.15) is 0 Å². The maximum Gasteiger partial charge on any atom is 0.269 e.